The highest BCUT2D eigenvalue weighted by molar-refractivity contribution is 5.91. The normalized spacial score (nSPS) is 16.3. The predicted molar refractivity (Wildman–Crippen MR) is 62.0 cm³/mol. The third-order valence-electron chi connectivity index (χ3n) is 3.43. The molecule has 19 heavy (non-hydrogen) atoms. The molecule has 2 rings (SSSR count). The molecule has 0 radical (unpaired) electrons. The summed E-state index contributed by atoms with van der Waals surface area (Å²) in [4.78, 5) is 13.4. The maximum Gasteiger partial charge on any atom is 0.233 e. The Hall–Kier alpha value is -1.56. The number of hydrogen-bond donors (Lipinski definition) is 1. The van der Waals surface area contributed by atoms with E-state index in [1.165, 1.54) is 11.9 Å². The van der Waals surface area contributed by atoms with Gasteiger partial charge in [0.2, 0.25) is 5.91 Å². The van der Waals surface area contributed by atoms with Crippen molar-refractivity contribution in [3.8, 4) is 0 Å². The maximum atomic E-state index is 13.8. The molecule has 0 spiro atoms. The Morgan fingerprint density at radius 2 is 1.84 bits per heavy atom. The van der Waals surface area contributed by atoms with Crippen LogP contribution in [0.5, 0.6) is 0 Å². The molecule has 1 aliphatic rings. The van der Waals surface area contributed by atoms with Crippen LogP contribution in [0.3, 0.4) is 0 Å². The van der Waals surface area contributed by atoms with Crippen LogP contribution in [0.1, 0.15) is 18.4 Å². The zero-order chi connectivity index (χ0) is 14.2. The Labute approximate surface area is 108 Å². The molecule has 1 aromatic carbocycles. The summed E-state index contributed by atoms with van der Waals surface area (Å²) >= 11 is 0. The number of likely N-dealkylation sites (N-methyl/N-ethyl adjacent to an activating group) is 1. The number of amides is 1. The molecule has 0 heterocycles. The Kier molecular flexibility index (Phi) is 3.54. The van der Waals surface area contributed by atoms with Gasteiger partial charge in [0.25, 0.3) is 0 Å². The van der Waals surface area contributed by atoms with E-state index in [1.807, 2.05) is 0 Å². The average molecular weight is 273 g/mol. The molecular formula is C13H14F3NO2. The lowest BCUT2D eigenvalue weighted by Gasteiger charge is -2.23. The highest BCUT2D eigenvalue weighted by atomic mass is 19.1. The molecule has 1 aliphatic carbocycles. The van der Waals surface area contributed by atoms with E-state index in [4.69, 9.17) is 5.11 Å². The molecule has 0 bridgehead atoms. The van der Waals surface area contributed by atoms with Crippen LogP contribution < -0.4 is 0 Å². The molecular weight excluding hydrogens is 259 g/mol. The van der Waals surface area contributed by atoms with Gasteiger partial charge in [-0.2, -0.15) is 0 Å². The van der Waals surface area contributed by atoms with Crippen LogP contribution >= 0.6 is 0 Å². The fourth-order valence-corrected chi connectivity index (χ4v) is 2.31. The summed E-state index contributed by atoms with van der Waals surface area (Å²) in [7, 11) is 1.46. The summed E-state index contributed by atoms with van der Waals surface area (Å²) in [6.07, 6.45) is 0.641. The quantitative estimate of drug-likeness (QED) is 0.905. The average Bonchev–Trinajstić information content (AvgIpc) is 3.08. The van der Waals surface area contributed by atoms with Gasteiger partial charge in [-0.3, -0.25) is 4.79 Å². The SMILES string of the molecule is CN(CCO)C(=O)C1(c2c(F)cc(F)cc2F)CC1. The zero-order valence-electron chi connectivity index (χ0n) is 10.4. The van der Waals surface area contributed by atoms with Crippen LogP contribution in [0, 0.1) is 17.5 Å². The van der Waals surface area contributed by atoms with Crippen molar-refractivity contribution in [2.45, 2.75) is 18.3 Å². The van der Waals surface area contributed by atoms with E-state index in [0.717, 1.165) is 0 Å². The van der Waals surface area contributed by atoms with E-state index in [9.17, 15) is 18.0 Å². The minimum Gasteiger partial charge on any atom is -0.395 e. The van der Waals surface area contributed by atoms with Crippen molar-refractivity contribution in [3.63, 3.8) is 0 Å². The van der Waals surface area contributed by atoms with Crippen molar-refractivity contribution in [2.75, 3.05) is 20.2 Å². The lowest BCUT2D eigenvalue weighted by Crippen LogP contribution is -2.39. The van der Waals surface area contributed by atoms with E-state index in [1.54, 1.807) is 0 Å². The van der Waals surface area contributed by atoms with Gasteiger partial charge >= 0.3 is 0 Å². The number of benzene rings is 1. The van der Waals surface area contributed by atoms with Gasteiger partial charge in [-0.15, -0.1) is 0 Å². The van der Waals surface area contributed by atoms with Crippen LogP contribution in [-0.4, -0.2) is 36.1 Å². The minimum absolute atomic E-state index is 0.0883. The first-order valence-corrected chi connectivity index (χ1v) is 5.94. The Balaban J connectivity index is 2.39. The van der Waals surface area contributed by atoms with E-state index < -0.39 is 28.8 Å². The molecule has 3 nitrogen and oxygen atoms in total. The Morgan fingerprint density at radius 3 is 2.26 bits per heavy atom. The van der Waals surface area contributed by atoms with Crippen molar-refractivity contribution in [1.82, 2.24) is 4.90 Å². The van der Waals surface area contributed by atoms with Gasteiger partial charge in [-0.1, -0.05) is 0 Å². The highest BCUT2D eigenvalue weighted by Gasteiger charge is 2.55. The molecule has 1 fully saturated rings. The van der Waals surface area contributed by atoms with E-state index in [0.29, 0.717) is 25.0 Å². The molecule has 1 aromatic rings. The van der Waals surface area contributed by atoms with Crippen molar-refractivity contribution >= 4 is 5.91 Å². The van der Waals surface area contributed by atoms with Crippen LogP contribution in [0.15, 0.2) is 12.1 Å². The van der Waals surface area contributed by atoms with Crippen LogP contribution in [0.4, 0.5) is 13.2 Å². The van der Waals surface area contributed by atoms with Gasteiger partial charge in [0.15, 0.2) is 0 Å². The number of rotatable bonds is 4. The topological polar surface area (TPSA) is 40.5 Å². The number of carbonyl (C=O) groups excluding carboxylic acids is 1. The predicted octanol–water partition coefficient (Wildman–Crippen LogP) is 1.59. The van der Waals surface area contributed by atoms with Crippen LogP contribution in [0.2, 0.25) is 0 Å². The molecule has 0 atom stereocenters. The second-order valence-corrected chi connectivity index (χ2v) is 4.78. The van der Waals surface area contributed by atoms with Crippen molar-refractivity contribution in [2.24, 2.45) is 0 Å². The second kappa shape index (κ2) is 4.85. The van der Waals surface area contributed by atoms with Gasteiger partial charge in [0.05, 0.1) is 12.0 Å². The van der Waals surface area contributed by atoms with Crippen LogP contribution in [0.25, 0.3) is 0 Å². The monoisotopic (exact) mass is 273 g/mol. The number of aliphatic hydroxyl groups is 1. The number of hydrogen-bond acceptors (Lipinski definition) is 2. The van der Waals surface area contributed by atoms with Gasteiger partial charge in [-0.05, 0) is 12.8 Å². The van der Waals surface area contributed by atoms with E-state index >= 15 is 0 Å². The van der Waals surface area contributed by atoms with Gasteiger partial charge < -0.3 is 10.0 Å². The van der Waals surface area contributed by atoms with Gasteiger partial charge in [0, 0.05) is 31.3 Å². The molecule has 1 N–H and O–H groups in total. The molecule has 104 valence electrons. The molecule has 1 saturated carbocycles. The zero-order valence-corrected chi connectivity index (χ0v) is 10.4. The summed E-state index contributed by atoms with van der Waals surface area (Å²) in [5.74, 6) is -3.54. The molecule has 0 aliphatic heterocycles. The largest absolute Gasteiger partial charge is 0.395 e. The lowest BCUT2D eigenvalue weighted by molar-refractivity contribution is -0.133. The summed E-state index contributed by atoms with van der Waals surface area (Å²) in [5, 5.41) is 8.80. The molecule has 6 heteroatoms. The summed E-state index contributed by atoms with van der Waals surface area (Å²) in [5.41, 5.74) is -1.62. The molecule has 0 aromatic heterocycles. The van der Waals surface area contributed by atoms with Gasteiger partial charge in [-0.25, -0.2) is 13.2 Å². The first-order chi connectivity index (χ1) is 8.92. The fourth-order valence-electron chi connectivity index (χ4n) is 2.31. The lowest BCUT2D eigenvalue weighted by atomic mass is 9.93. The maximum absolute atomic E-state index is 13.8. The number of carbonyl (C=O) groups is 1. The highest BCUT2D eigenvalue weighted by Crippen LogP contribution is 2.51. The third kappa shape index (κ3) is 2.32. The number of nitrogens with zero attached hydrogens (tertiary/aromatic N) is 1. The van der Waals surface area contributed by atoms with Crippen molar-refractivity contribution in [3.05, 3.63) is 35.1 Å². The number of halogens is 3. The number of aliphatic hydroxyl groups excluding tert-OH is 1. The van der Waals surface area contributed by atoms with Crippen molar-refractivity contribution in [1.29, 1.82) is 0 Å². The van der Waals surface area contributed by atoms with E-state index in [2.05, 4.69) is 0 Å². The standard InChI is InChI=1S/C13H14F3NO2/c1-17(4-5-18)12(19)13(2-3-13)11-9(15)6-8(14)7-10(11)16/h6-7,18H,2-5H2,1H3. The first-order valence-electron chi connectivity index (χ1n) is 5.94. The summed E-state index contributed by atoms with van der Waals surface area (Å²) in [6, 6.07) is 1.16. The summed E-state index contributed by atoms with van der Waals surface area (Å²) < 4.78 is 40.4. The molecule has 0 saturated heterocycles. The van der Waals surface area contributed by atoms with Gasteiger partial charge in [0.1, 0.15) is 17.5 Å². The minimum atomic E-state index is -1.24. The third-order valence-corrected chi connectivity index (χ3v) is 3.43. The Bertz CT molecular complexity index is 492. The first kappa shape index (κ1) is 13.9. The Morgan fingerprint density at radius 1 is 1.32 bits per heavy atom. The van der Waals surface area contributed by atoms with E-state index in [-0.39, 0.29) is 18.7 Å². The second-order valence-electron chi connectivity index (χ2n) is 4.78. The van der Waals surface area contributed by atoms with Crippen LogP contribution in [-0.2, 0) is 10.2 Å². The van der Waals surface area contributed by atoms with Crippen molar-refractivity contribution < 1.29 is 23.1 Å². The summed E-state index contributed by atoms with van der Waals surface area (Å²) in [6.45, 7) is -0.141. The molecule has 0 unspecified atom stereocenters. The fraction of sp³-hybridized carbons (Fsp3) is 0.462. The smallest absolute Gasteiger partial charge is 0.233 e. The molecule has 1 amide bonds.